The molecule has 220 valence electrons. The molecule has 41 heavy (non-hydrogen) atoms. The average Bonchev–Trinajstić information content (AvgIpc) is 3.29. The number of hydrogen-bond acceptors (Lipinski definition) is 3. The Morgan fingerprint density at radius 1 is 0.732 bits per heavy atom. The number of benzene rings is 1. The van der Waals surface area contributed by atoms with Gasteiger partial charge in [0.1, 0.15) is 0 Å². The van der Waals surface area contributed by atoms with Crippen LogP contribution < -0.4 is 15.5 Å². The van der Waals surface area contributed by atoms with E-state index in [1.54, 1.807) is 0 Å². The molecule has 8 aliphatic carbocycles. The van der Waals surface area contributed by atoms with Crippen LogP contribution in [0.5, 0.6) is 0 Å². The summed E-state index contributed by atoms with van der Waals surface area (Å²) in [6, 6.07) is 3.94. The zero-order valence-electron chi connectivity index (χ0n) is 24.8. The predicted molar refractivity (Wildman–Crippen MR) is 160 cm³/mol. The standard InChI is InChI=1S/C35H47N3O3/c1-21-5-30(38-4-2-3-33(38)41)29(37-32(40)20-35-16-25-9-26(17-35)11-27(10-25)18-35)12-28(21)36-31(39)19-34-13-22-6-23(14-34)8-24(7-22)15-34/h5,12,22-27H,2-4,6-11,13-20H2,1H3,(H,36,39)(H,37,40). The van der Waals surface area contributed by atoms with E-state index < -0.39 is 0 Å². The van der Waals surface area contributed by atoms with Crippen LogP contribution in [0.25, 0.3) is 0 Å². The van der Waals surface area contributed by atoms with Crippen LogP contribution in [0.2, 0.25) is 0 Å². The Morgan fingerprint density at radius 3 is 1.59 bits per heavy atom. The van der Waals surface area contributed by atoms with E-state index in [2.05, 4.69) is 10.6 Å². The Hall–Kier alpha value is -2.37. The van der Waals surface area contributed by atoms with Crippen LogP contribution in [0.15, 0.2) is 12.1 Å². The van der Waals surface area contributed by atoms with Gasteiger partial charge in [-0.3, -0.25) is 14.4 Å². The topological polar surface area (TPSA) is 78.5 Å². The summed E-state index contributed by atoms with van der Waals surface area (Å²) in [5, 5.41) is 6.53. The number of hydrogen-bond donors (Lipinski definition) is 2. The summed E-state index contributed by atoms with van der Waals surface area (Å²) in [5.74, 6) is 5.17. The summed E-state index contributed by atoms with van der Waals surface area (Å²) in [6.07, 6.45) is 18.0. The van der Waals surface area contributed by atoms with Crippen LogP contribution in [0.4, 0.5) is 17.1 Å². The second kappa shape index (κ2) is 9.57. The molecule has 0 atom stereocenters. The van der Waals surface area contributed by atoms with Crippen molar-refractivity contribution < 1.29 is 14.4 Å². The summed E-state index contributed by atoms with van der Waals surface area (Å²) in [7, 11) is 0. The molecule has 3 amide bonds. The molecule has 10 rings (SSSR count). The van der Waals surface area contributed by atoms with E-state index >= 15 is 0 Å². The van der Waals surface area contributed by atoms with Gasteiger partial charge in [0.15, 0.2) is 0 Å². The van der Waals surface area contributed by atoms with Gasteiger partial charge in [-0.1, -0.05) is 0 Å². The third-order valence-corrected chi connectivity index (χ3v) is 12.7. The molecular weight excluding hydrogens is 510 g/mol. The molecule has 0 radical (unpaired) electrons. The summed E-state index contributed by atoms with van der Waals surface area (Å²) < 4.78 is 0. The van der Waals surface area contributed by atoms with Crippen molar-refractivity contribution in [1.29, 1.82) is 0 Å². The van der Waals surface area contributed by atoms with E-state index in [-0.39, 0.29) is 28.6 Å². The molecule has 1 saturated heterocycles. The third kappa shape index (κ3) is 4.81. The minimum Gasteiger partial charge on any atom is -0.326 e. The highest BCUT2D eigenvalue weighted by Gasteiger charge is 2.52. The van der Waals surface area contributed by atoms with Crippen molar-refractivity contribution in [3.05, 3.63) is 17.7 Å². The highest BCUT2D eigenvalue weighted by molar-refractivity contribution is 6.04. The molecule has 2 N–H and O–H groups in total. The zero-order chi connectivity index (χ0) is 27.9. The van der Waals surface area contributed by atoms with Crippen LogP contribution in [0.1, 0.15) is 108 Å². The van der Waals surface area contributed by atoms with Crippen molar-refractivity contribution >= 4 is 34.8 Å². The van der Waals surface area contributed by atoms with Crippen molar-refractivity contribution in [1.82, 2.24) is 0 Å². The van der Waals surface area contributed by atoms with Crippen molar-refractivity contribution in [3.63, 3.8) is 0 Å². The number of aryl methyl sites for hydroxylation is 1. The van der Waals surface area contributed by atoms with Gasteiger partial charge in [-0.05, 0) is 154 Å². The van der Waals surface area contributed by atoms with E-state index in [4.69, 9.17) is 0 Å². The van der Waals surface area contributed by atoms with Crippen LogP contribution >= 0.6 is 0 Å². The maximum absolute atomic E-state index is 13.7. The van der Waals surface area contributed by atoms with Gasteiger partial charge < -0.3 is 15.5 Å². The molecule has 1 aromatic carbocycles. The minimum atomic E-state index is 0.0644. The SMILES string of the molecule is Cc1cc(N2CCCC2=O)c(NC(=O)CC23CC4CC(CC(C4)C2)C3)cc1NC(=O)CC12CC3CC(CC(C3)C1)C2. The minimum absolute atomic E-state index is 0.0644. The molecule has 0 aromatic heterocycles. The van der Waals surface area contributed by atoms with Gasteiger partial charge in [0.05, 0.1) is 11.4 Å². The van der Waals surface area contributed by atoms with Crippen LogP contribution in [-0.2, 0) is 14.4 Å². The molecule has 9 aliphatic rings. The van der Waals surface area contributed by atoms with E-state index in [9.17, 15) is 14.4 Å². The molecule has 9 fully saturated rings. The first kappa shape index (κ1) is 26.3. The molecule has 1 heterocycles. The lowest BCUT2D eigenvalue weighted by Gasteiger charge is -2.56. The van der Waals surface area contributed by atoms with Gasteiger partial charge in [-0.2, -0.15) is 0 Å². The number of carbonyl (C=O) groups is 3. The van der Waals surface area contributed by atoms with Crippen LogP contribution in [0, 0.1) is 53.3 Å². The lowest BCUT2D eigenvalue weighted by molar-refractivity contribution is -0.125. The van der Waals surface area contributed by atoms with Gasteiger partial charge in [0.25, 0.3) is 0 Å². The second-order valence-corrected chi connectivity index (χ2v) is 16.1. The van der Waals surface area contributed by atoms with Gasteiger partial charge in [-0.25, -0.2) is 0 Å². The van der Waals surface area contributed by atoms with E-state index in [1.165, 1.54) is 77.0 Å². The largest absolute Gasteiger partial charge is 0.326 e. The normalized spacial score (nSPS) is 39.9. The van der Waals surface area contributed by atoms with Crippen molar-refractivity contribution in [3.8, 4) is 0 Å². The Kier molecular flexibility index (Phi) is 6.13. The maximum atomic E-state index is 13.7. The van der Waals surface area contributed by atoms with Gasteiger partial charge in [0.2, 0.25) is 17.7 Å². The zero-order valence-corrected chi connectivity index (χ0v) is 24.8. The summed E-state index contributed by atoms with van der Waals surface area (Å²) in [5.41, 5.74) is 3.50. The van der Waals surface area contributed by atoms with Gasteiger partial charge in [0, 0.05) is 31.5 Å². The van der Waals surface area contributed by atoms with Crippen molar-refractivity contribution in [2.24, 2.45) is 46.3 Å². The fraction of sp³-hybridized carbons (Fsp3) is 0.743. The molecule has 1 aliphatic heterocycles. The number of anilines is 3. The fourth-order valence-electron chi connectivity index (χ4n) is 12.1. The molecule has 0 unspecified atom stereocenters. The van der Waals surface area contributed by atoms with Gasteiger partial charge in [-0.15, -0.1) is 0 Å². The number of rotatable bonds is 7. The first-order valence-electron chi connectivity index (χ1n) is 16.8. The number of nitrogens with one attached hydrogen (secondary N) is 2. The highest BCUT2D eigenvalue weighted by atomic mass is 16.2. The molecule has 1 aromatic rings. The molecular formula is C35H47N3O3. The third-order valence-electron chi connectivity index (χ3n) is 12.7. The highest BCUT2D eigenvalue weighted by Crippen LogP contribution is 2.62. The van der Waals surface area contributed by atoms with E-state index in [0.29, 0.717) is 31.5 Å². The number of amides is 3. The van der Waals surface area contributed by atoms with Crippen molar-refractivity contribution in [2.45, 2.75) is 110 Å². The Balaban J connectivity index is 1.02. The summed E-state index contributed by atoms with van der Waals surface area (Å²) in [6.45, 7) is 2.68. The summed E-state index contributed by atoms with van der Waals surface area (Å²) in [4.78, 5) is 41.8. The lowest BCUT2D eigenvalue weighted by Crippen LogP contribution is -2.47. The average molecular weight is 558 g/mol. The van der Waals surface area contributed by atoms with Crippen LogP contribution in [-0.4, -0.2) is 24.3 Å². The maximum Gasteiger partial charge on any atom is 0.227 e. The Bertz CT molecular complexity index is 1210. The number of nitrogens with zero attached hydrogens (tertiary/aromatic N) is 1. The lowest BCUT2D eigenvalue weighted by atomic mass is 9.49. The van der Waals surface area contributed by atoms with Gasteiger partial charge >= 0.3 is 0 Å². The van der Waals surface area contributed by atoms with E-state index in [1.807, 2.05) is 24.0 Å². The smallest absolute Gasteiger partial charge is 0.227 e. The molecule has 8 bridgehead atoms. The first-order chi connectivity index (χ1) is 19.7. The molecule has 8 saturated carbocycles. The molecule has 6 heteroatoms. The molecule has 0 spiro atoms. The fourth-order valence-corrected chi connectivity index (χ4v) is 12.1. The summed E-state index contributed by atoms with van der Waals surface area (Å²) >= 11 is 0. The second-order valence-electron chi connectivity index (χ2n) is 16.1. The predicted octanol–water partition coefficient (Wildman–Crippen LogP) is 7.21. The number of carbonyl (C=O) groups excluding carboxylic acids is 3. The Labute approximate surface area is 244 Å². The van der Waals surface area contributed by atoms with Crippen molar-refractivity contribution in [2.75, 3.05) is 22.1 Å². The van der Waals surface area contributed by atoms with E-state index in [0.717, 1.165) is 58.9 Å². The van der Waals surface area contributed by atoms with Crippen LogP contribution in [0.3, 0.4) is 0 Å². The monoisotopic (exact) mass is 557 g/mol. The molecule has 6 nitrogen and oxygen atoms in total. The first-order valence-corrected chi connectivity index (χ1v) is 16.8. The quantitative estimate of drug-likeness (QED) is 0.372. The Morgan fingerprint density at radius 2 is 1.17 bits per heavy atom.